The van der Waals surface area contributed by atoms with Crippen LogP contribution in [0.2, 0.25) is 0 Å². The summed E-state index contributed by atoms with van der Waals surface area (Å²) in [5.74, 6) is -0.643. The molecule has 2 heterocycles. The molecule has 0 saturated carbocycles. The first-order chi connectivity index (χ1) is 15.2. The van der Waals surface area contributed by atoms with Crippen LogP contribution < -0.4 is 4.90 Å². The fraction of sp³-hybridized carbons (Fsp3) is 0.423. The lowest BCUT2D eigenvalue weighted by Crippen LogP contribution is -2.48. The van der Waals surface area contributed by atoms with Crippen molar-refractivity contribution in [1.29, 1.82) is 0 Å². The number of carbonyl (C=O) groups excluding carboxylic acids is 3. The van der Waals surface area contributed by atoms with Crippen LogP contribution in [0.25, 0.3) is 0 Å². The van der Waals surface area contributed by atoms with E-state index in [2.05, 4.69) is 6.07 Å². The molecule has 2 aliphatic heterocycles. The maximum atomic E-state index is 13.7. The highest BCUT2D eigenvalue weighted by molar-refractivity contribution is 6.02. The number of para-hydroxylation sites is 1. The number of amides is 2. The number of benzene rings is 2. The van der Waals surface area contributed by atoms with Crippen LogP contribution >= 0.6 is 0 Å². The zero-order valence-electron chi connectivity index (χ0n) is 19.1. The molecule has 0 radical (unpaired) electrons. The Kier molecular flexibility index (Phi) is 5.80. The number of anilines is 1. The molecule has 0 saturated heterocycles. The van der Waals surface area contributed by atoms with E-state index in [1.165, 1.54) is 0 Å². The highest BCUT2D eigenvalue weighted by Gasteiger charge is 2.42. The van der Waals surface area contributed by atoms with Crippen LogP contribution in [0.4, 0.5) is 5.69 Å². The third kappa shape index (κ3) is 4.27. The van der Waals surface area contributed by atoms with E-state index >= 15 is 0 Å². The first-order valence-electron chi connectivity index (χ1n) is 11.1. The number of nitrogens with zero attached hydrogens (tertiary/aromatic N) is 2. The third-order valence-corrected chi connectivity index (χ3v) is 6.11. The van der Waals surface area contributed by atoms with E-state index in [4.69, 9.17) is 4.74 Å². The molecule has 2 atom stereocenters. The minimum Gasteiger partial charge on any atom is -0.458 e. The molecular formula is C26H30N2O4. The highest BCUT2D eigenvalue weighted by Crippen LogP contribution is 2.37. The molecule has 6 heteroatoms. The largest absolute Gasteiger partial charge is 0.458 e. The monoisotopic (exact) mass is 434 g/mol. The number of ether oxygens (including phenoxy) is 1. The van der Waals surface area contributed by atoms with Crippen molar-refractivity contribution in [3.8, 4) is 0 Å². The van der Waals surface area contributed by atoms with Gasteiger partial charge in [-0.1, -0.05) is 42.5 Å². The summed E-state index contributed by atoms with van der Waals surface area (Å²) in [6.45, 7) is 7.59. The maximum Gasteiger partial charge on any atom is 0.330 e. The van der Waals surface area contributed by atoms with Crippen molar-refractivity contribution in [2.24, 2.45) is 0 Å². The van der Waals surface area contributed by atoms with Gasteiger partial charge in [-0.2, -0.15) is 0 Å². The van der Waals surface area contributed by atoms with E-state index in [0.717, 1.165) is 28.8 Å². The van der Waals surface area contributed by atoms with Gasteiger partial charge in [0.2, 0.25) is 11.8 Å². The van der Waals surface area contributed by atoms with Crippen LogP contribution in [-0.4, -0.2) is 40.9 Å². The zero-order chi connectivity index (χ0) is 23.0. The molecule has 0 N–H and O–H groups in total. The number of hydrogen-bond donors (Lipinski definition) is 0. The van der Waals surface area contributed by atoms with Gasteiger partial charge in [0.15, 0.2) is 0 Å². The fourth-order valence-corrected chi connectivity index (χ4v) is 4.77. The first kappa shape index (κ1) is 22.1. The van der Waals surface area contributed by atoms with Crippen LogP contribution in [-0.2, 0) is 32.0 Å². The standard InChI is InChI=1S/C26H30N2O4/c1-17(29)27-14-13-18-9-5-7-11-20(18)22(27)16-24(30)28-21-12-8-6-10-19(21)15-23(28)25(31)32-26(2,3)4/h5-12,22-23H,13-16H2,1-4H3. The molecule has 0 fully saturated rings. The van der Waals surface area contributed by atoms with E-state index in [1.807, 2.05) is 63.2 Å². The SMILES string of the molecule is CC(=O)N1CCc2ccccc2C1CC(=O)N1c2ccccc2CC1C(=O)OC(C)(C)C. The van der Waals surface area contributed by atoms with Crippen LogP contribution in [0, 0.1) is 0 Å². The minimum atomic E-state index is -0.705. The van der Waals surface area contributed by atoms with Crippen molar-refractivity contribution in [3.63, 3.8) is 0 Å². The Balaban J connectivity index is 1.66. The van der Waals surface area contributed by atoms with Gasteiger partial charge in [-0.15, -0.1) is 0 Å². The average molecular weight is 435 g/mol. The molecule has 0 aliphatic carbocycles. The van der Waals surface area contributed by atoms with Gasteiger partial charge in [0.25, 0.3) is 0 Å². The van der Waals surface area contributed by atoms with Crippen molar-refractivity contribution in [2.45, 2.75) is 64.6 Å². The summed E-state index contributed by atoms with van der Waals surface area (Å²) in [4.78, 5) is 42.5. The van der Waals surface area contributed by atoms with Gasteiger partial charge in [0.05, 0.1) is 12.5 Å². The van der Waals surface area contributed by atoms with Gasteiger partial charge in [-0.25, -0.2) is 4.79 Å². The second-order valence-electron chi connectivity index (χ2n) is 9.53. The van der Waals surface area contributed by atoms with Crippen molar-refractivity contribution in [2.75, 3.05) is 11.4 Å². The zero-order valence-corrected chi connectivity index (χ0v) is 19.1. The lowest BCUT2D eigenvalue weighted by molar-refractivity contribution is -0.157. The minimum absolute atomic E-state index is 0.0529. The first-order valence-corrected chi connectivity index (χ1v) is 11.1. The summed E-state index contributed by atoms with van der Waals surface area (Å²) < 4.78 is 5.64. The second kappa shape index (κ2) is 8.41. The topological polar surface area (TPSA) is 66.9 Å². The third-order valence-electron chi connectivity index (χ3n) is 6.11. The summed E-state index contributed by atoms with van der Waals surface area (Å²) in [5, 5.41) is 0. The van der Waals surface area contributed by atoms with E-state index in [9.17, 15) is 14.4 Å². The number of rotatable bonds is 3. The van der Waals surface area contributed by atoms with E-state index in [-0.39, 0.29) is 24.3 Å². The molecule has 6 nitrogen and oxygen atoms in total. The smallest absolute Gasteiger partial charge is 0.330 e. The fourth-order valence-electron chi connectivity index (χ4n) is 4.77. The van der Waals surface area contributed by atoms with E-state index in [0.29, 0.717) is 13.0 Å². The van der Waals surface area contributed by atoms with E-state index < -0.39 is 17.6 Å². The number of carbonyl (C=O) groups is 3. The predicted molar refractivity (Wildman–Crippen MR) is 122 cm³/mol. The Morgan fingerprint density at radius 1 is 1.00 bits per heavy atom. The van der Waals surface area contributed by atoms with E-state index in [1.54, 1.807) is 16.7 Å². The Morgan fingerprint density at radius 2 is 1.66 bits per heavy atom. The molecule has 2 aromatic carbocycles. The van der Waals surface area contributed by atoms with Crippen LogP contribution in [0.3, 0.4) is 0 Å². The molecule has 0 bridgehead atoms. The summed E-state index contributed by atoms with van der Waals surface area (Å²) in [6, 6.07) is 14.5. The number of hydrogen-bond acceptors (Lipinski definition) is 4. The normalized spacial score (nSPS) is 19.9. The van der Waals surface area contributed by atoms with Crippen molar-refractivity contribution in [1.82, 2.24) is 4.90 Å². The van der Waals surface area contributed by atoms with Gasteiger partial charge in [-0.3, -0.25) is 14.5 Å². The van der Waals surface area contributed by atoms with Crippen LogP contribution in [0.15, 0.2) is 48.5 Å². The van der Waals surface area contributed by atoms with Gasteiger partial charge < -0.3 is 9.64 Å². The molecule has 32 heavy (non-hydrogen) atoms. The van der Waals surface area contributed by atoms with Crippen molar-refractivity contribution >= 4 is 23.5 Å². The summed E-state index contributed by atoms with van der Waals surface area (Å²) in [7, 11) is 0. The van der Waals surface area contributed by atoms with Crippen molar-refractivity contribution in [3.05, 3.63) is 65.2 Å². The number of fused-ring (bicyclic) bond motifs is 2. The molecule has 0 spiro atoms. The molecule has 2 aromatic rings. The molecule has 168 valence electrons. The van der Waals surface area contributed by atoms with Gasteiger partial charge >= 0.3 is 5.97 Å². The van der Waals surface area contributed by atoms with Gasteiger partial charge in [0, 0.05) is 25.6 Å². The van der Waals surface area contributed by atoms with Crippen LogP contribution in [0.5, 0.6) is 0 Å². The molecule has 2 amide bonds. The lowest BCUT2D eigenvalue weighted by atomic mass is 9.90. The Hall–Kier alpha value is -3.15. The maximum absolute atomic E-state index is 13.7. The summed E-state index contributed by atoms with van der Waals surface area (Å²) in [6.07, 6.45) is 1.31. The van der Waals surface area contributed by atoms with Crippen LogP contribution in [0.1, 0.15) is 56.8 Å². The second-order valence-corrected chi connectivity index (χ2v) is 9.53. The lowest BCUT2D eigenvalue weighted by Gasteiger charge is -2.37. The van der Waals surface area contributed by atoms with Crippen molar-refractivity contribution < 1.29 is 19.1 Å². The molecule has 4 rings (SSSR count). The Morgan fingerprint density at radius 3 is 2.34 bits per heavy atom. The molecular weight excluding hydrogens is 404 g/mol. The molecule has 2 unspecified atom stereocenters. The number of esters is 1. The van der Waals surface area contributed by atoms with Gasteiger partial charge in [-0.05, 0) is 49.9 Å². The Bertz CT molecular complexity index is 1060. The highest BCUT2D eigenvalue weighted by atomic mass is 16.6. The predicted octanol–water partition coefficient (Wildman–Crippen LogP) is 3.82. The Labute approximate surface area is 189 Å². The average Bonchev–Trinajstić information content (AvgIpc) is 3.12. The quantitative estimate of drug-likeness (QED) is 0.689. The van der Waals surface area contributed by atoms with Gasteiger partial charge in [0.1, 0.15) is 11.6 Å². The summed E-state index contributed by atoms with van der Waals surface area (Å²) >= 11 is 0. The molecule has 0 aromatic heterocycles. The summed E-state index contributed by atoms with van der Waals surface area (Å²) in [5.41, 5.74) is 3.21. The molecule has 2 aliphatic rings.